The average molecular weight is 336 g/mol. The van der Waals surface area contributed by atoms with Gasteiger partial charge in [-0.05, 0) is 48.9 Å². The van der Waals surface area contributed by atoms with Crippen LogP contribution in [0.5, 0.6) is 11.5 Å². The van der Waals surface area contributed by atoms with Crippen molar-refractivity contribution in [2.24, 2.45) is 0 Å². The third kappa shape index (κ3) is 4.17. The summed E-state index contributed by atoms with van der Waals surface area (Å²) in [5, 5.41) is 3.37. The first-order valence-corrected chi connectivity index (χ1v) is 7.25. The zero-order chi connectivity index (χ0) is 14.4. The molecular weight excluding hydrogens is 318 g/mol. The van der Waals surface area contributed by atoms with Crippen molar-refractivity contribution < 1.29 is 9.47 Å². The van der Waals surface area contributed by atoms with E-state index in [2.05, 4.69) is 40.3 Å². The number of anilines is 1. The minimum absolute atomic E-state index is 0.609. The molecule has 0 aliphatic rings. The van der Waals surface area contributed by atoms with E-state index < -0.39 is 0 Å². The molecule has 20 heavy (non-hydrogen) atoms. The number of methoxy groups -OCH3 is 1. The molecule has 0 heterocycles. The molecule has 2 aromatic rings. The Balaban J connectivity index is 1.79. The maximum absolute atomic E-state index is 5.67. The highest BCUT2D eigenvalue weighted by Gasteiger charge is 1.99. The maximum Gasteiger partial charge on any atom is 0.119 e. The van der Waals surface area contributed by atoms with Crippen LogP contribution >= 0.6 is 15.9 Å². The van der Waals surface area contributed by atoms with E-state index in [1.54, 1.807) is 7.11 Å². The Morgan fingerprint density at radius 1 is 1.05 bits per heavy atom. The zero-order valence-corrected chi connectivity index (χ0v) is 13.2. The van der Waals surface area contributed by atoms with Crippen LogP contribution in [-0.2, 0) is 0 Å². The summed E-state index contributed by atoms with van der Waals surface area (Å²) in [6.07, 6.45) is 0. The molecule has 0 spiro atoms. The maximum atomic E-state index is 5.67. The quantitative estimate of drug-likeness (QED) is 0.800. The summed E-state index contributed by atoms with van der Waals surface area (Å²) in [5.74, 6) is 1.68. The van der Waals surface area contributed by atoms with Crippen molar-refractivity contribution in [3.63, 3.8) is 0 Å². The summed E-state index contributed by atoms with van der Waals surface area (Å²) in [6, 6.07) is 13.8. The second-order valence-corrected chi connectivity index (χ2v) is 5.33. The van der Waals surface area contributed by atoms with Crippen molar-refractivity contribution >= 4 is 21.6 Å². The van der Waals surface area contributed by atoms with E-state index >= 15 is 0 Å². The summed E-state index contributed by atoms with van der Waals surface area (Å²) in [5.41, 5.74) is 2.34. The van der Waals surface area contributed by atoms with Gasteiger partial charge in [0.1, 0.15) is 18.1 Å². The number of hydrogen-bond acceptors (Lipinski definition) is 3. The number of hydrogen-bond donors (Lipinski definition) is 1. The van der Waals surface area contributed by atoms with Crippen LogP contribution in [0.1, 0.15) is 5.56 Å². The van der Waals surface area contributed by atoms with Gasteiger partial charge in [-0.1, -0.05) is 22.0 Å². The lowest BCUT2D eigenvalue weighted by atomic mass is 10.2. The van der Waals surface area contributed by atoms with E-state index in [0.717, 1.165) is 28.2 Å². The Labute approximate surface area is 128 Å². The lowest BCUT2D eigenvalue weighted by Crippen LogP contribution is -2.12. The molecule has 0 amide bonds. The first kappa shape index (κ1) is 14.7. The van der Waals surface area contributed by atoms with Crippen LogP contribution in [0.3, 0.4) is 0 Å². The Bertz CT molecular complexity index is 555. The van der Waals surface area contributed by atoms with Gasteiger partial charge in [0.25, 0.3) is 0 Å². The minimum Gasteiger partial charge on any atom is -0.497 e. The number of halogens is 1. The number of ether oxygens (including phenoxy) is 2. The standard InChI is InChI=1S/C16H18BrNO2/c1-12-3-4-13(17)11-16(12)18-9-10-20-15-7-5-14(19-2)6-8-15/h3-8,11,18H,9-10H2,1-2H3. The zero-order valence-electron chi connectivity index (χ0n) is 11.7. The van der Waals surface area contributed by atoms with Gasteiger partial charge in [0.05, 0.1) is 7.11 Å². The van der Waals surface area contributed by atoms with Crippen molar-refractivity contribution in [3.05, 3.63) is 52.5 Å². The molecular formula is C16H18BrNO2. The summed E-state index contributed by atoms with van der Waals surface area (Å²) in [7, 11) is 1.65. The Kier molecular flexibility index (Phi) is 5.30. The van der Waals surface area contributed by atoms with Crippen LogP contribution in [0, 0.1) is 6.92 Å². The van der Waals surface area contributed by atoms with E-state index in [-0.39, 0.29) is 0 Å². The SMILES string of the molecule is COc1ccc(OCCNc2cc(Br)ccc2C)cc1. The summed E-state index contributed by atoms with van der Waals surface area (Å²) < 4.78 is 11.8. The number of rotatable bonds is 6. The number of aryl methyl sites for hydroxylation is 1. The Morgan fingerprint density at radius 2 is 1.75 bits per heavy atom. The largest absolute Gasteiger partial charge is 0.497 e. The fourth-order valence-corrected chi connectivity index (χ4v) is 2.17. The molecule has 0 bridgehead atoms. The van der Waals surface area contributed by atoms with Gasteiger partial charge in [-0.3, -0.25) is 0 Å². The molecule has 2 aromatic carbocycles. The smallest absolute Gasteiger partial charge is 0.119 e. The lowest BCUT2D eigenvalue weighted by Gasteiger charge is -2.11. The van der Waals surface area contributed by atoms with Crippen LogP contribution in [0.25, 0.3) is 0 Å². The fourth-order valence-electron chi connectivity index (χ4n) is 1.81. The molecule has 0 atom stereocenters. The Hall–Kier alpha value is -1.68. The van der Waals surface area contributed by atoms with Gasteiger partial charge in [0, 0.05) is 16.7 Å². The predicted octanol–water partition coefficient (Wildman–Crippen LogP) is 4.26. The van der Waals surface area contributed by atoms with Gasteiger partial charge < -0.3 is 14.8 Å². The average Bonchev–Trinajstić information content (AvgIpc) is 2.47. The second kappa shape index (κ2) is 7.20. The number of benzene rings is 2. The van der Waals surface area contributed by atoms with Crippen molar-refractivity contribution in [2.75, 3.05) is 25.6 Å². The van der Waals surface area contributed by atoms with E-state index in [1.807, 2.05) is 30.3 Å². The first-order valence-electron chi connectivity index (χ1n) is 6.46. The first-order chi connectivity index (χ1) is 9.69. The number of nitrogens with one attached hydrogen (secondary N) is 1. The van der Waals surface area contributed by atoms with Gasteiger partial charge >= 0.3 is 0 Å². The molecule has 0 aliphatic heterocycles. The molecule has 2 rings (SSSR count). The lowest BCUT2D eigenvalue weighted by molar-refractivity contribution is 0.331. The van der Waals surface area contributed by atoms with Crippen molar-refractivity contribution in [3.8, 4) is 11.5 Å². The third-order valence-corrected chi connectivity index (χ3v) is 3.44. The topological polar surface area (TPSA) is 30.5 Å². The molecule has 0 aromatic heterocycles. The van der Waals surface area contributed by atoms with E-state index in [9.17, 15) is 0 Å². The highest BCUT2D eigenvalue weighted by Crippen LogP contribution is 2.20. The van der Waals surface area contributed by atoms with Crippen molar-refractivity contribution in [2.45, 2.75) is 6.92 Å². The van der Waals surface area contributed by atoms with E-state index in [4.69, 9.17) is 9.47 Å². The van der Waals surface area contributed by atoms with Crippen LogP contribution < -0.4 is 14.8 Å². The molecule has 0 unspecified atom stereocenters. The van der Waals surface area contributed by atoms with Gasteiger partial charge in [-0.25, -0.2) is 0 Å². The molecule has 106 valence electrons. The minimum atomic E-state index is 0.609. The van der Waals surface area contributed by atoms with Crippen LogP contribution in [0.15, 0.2) is 46.9 Å². The normalized spacial score (nSPS) is 10.2. The molecule has 0 saturated carbocycles. The van der Waals surface area contributed by atoms with E-state index in [0.29, 0.717) is 6.61 Å². The fraction of sp³-hybridized carbons (Fsp3) is 0.250. The van der Waals surface area contributed by atoms with Gasteiger partial charge in [-0.2, -0.15) is 0 Å². The summed E-state index contributed by atoms with van der Waals surface area (Å²) in [6.45, 7) is 3.45. The van der Waals surface area contributed by atoms with Crippen LogP contribution in [-0.4, -0.2) is 20.3 Å². The van der Waals surface area contributed by atoms with Crippen LogP contribution in [0.4, 0.5) is 5.69 Å². The summed E-state index contributed by atoms with van der Waals surface area (Å²) in [4.78, 5) is 0. The molecule has 0 radical (unpaired) electrons. The van der Waals surface area contributed by atoms with E-state index in [1.165, 1.54) is 5.56 Å². The molecule has 0 aliphatic carbocycles. The highest BCUT2D eigenvalue weighted by molar-refractivity contribution is 9.10. The summed E-state index contributed by atoms with van der Waals surface area (Å²) >= 11 is 3.47. The molecule has 4 heteroatoms. The highest BCUT2D eigenvalue weighted by atomic mass is 79.9. The van der Waals surface area contributed by atoms with Crippen LogP contribution in [0.2, 0.25) is 0 Å². The molecule has 0 saturated heterocycles. The third-order valence-electron chi connectivity index (χ3n) is 2.95. The van der Waals surface area contributed by atoms with Crippen molar-refractivity contribution in [1.82, 2.24) is 0 Å². The van der Waals surface area contributed by atoms with Gasteiger partial charge in [0.2, 0.25) is 0 Å². The van der Waals surface area contributed by atoms with Gasteiger partial charge in [0.15, 0.2) is 0 Å². The second-order valence-electron chi connectivity index (χ2n) is 4.41. The Morgan fingerprint density at radius 3 is 2.45 bits per heavy atom. The van der Waals surface area contributed by atoms with Gasteiger partial charge in [-0.15, -0.1) is 0 Å². The molecule has 1 N–H and O–H groups in total. The monoisotopic (exact) mass is 335 g/mol. The molecule has 3 nitrogen and oxygen atoms in total. The van der Waals surface area contributed by atoms with Crippen molar-refractivity contribution in [1.29, 1.82) is 0 Å². The predicted molar refractivity (Wildman–Crippen MR) is 85.9 cm³/mol. The molecule has 0 fully saturated rings.